The molecule has 3 heteroatoms. The lowest BCUT2D eigenvalue weighted by Crippen LogP contribution is -1.87. The van der Waals surface area contributed by atoms with Crippen LogP contribution in [0.15, 0.2) is 85.7 Å². The van der Waals surface area contributed by atoms with Gasteiger partial charge in [-0.2, -0.15) is 0 Å². The van der Waals surface area contributed by atoms with Gasteiger partial charge in [-0.25, -0.2) is 3.63 Å². The fourth-order valence-corrected chi connectivity index (χ4v) is 3.34. The van der Waals surface area contributed by atoms with Crippen LogP contribution in [0, 0.1) is 0 Å². The molecule has 0 aliphatic heterocycles. The van der Waals surface area contributed by atoms with Crippen LogP contribution in [0.3, 0.4) is 0 Å². The summed E-state index contributed by atoms with van der Waals surface area (Å²) in [5, 5.41) is 8.16. The van der Waals surface area contributed by atoms with E-state index in [4.69, 9.17) is 3.63 Å². The maximum absolute atomic E-state index is 4.73. The van der Waals surface area contributed by atoms with Gasteiger partial charge in [-0.1, -0.05) is 87.0 Å². The molecule has 0 heterocycles. The van der Waals surface area contributed by atoms with Crippen LogP contribution in [0.25, 0.3) is 33.7 Å². The average molecular weight is 365 g/mol. The number of hydrogen-bond donors (Lipinski definition) is 0. The van der Waals surface area contributed by atoms with Gasteiger partial charge in [-0.3, -0.25) is 0 Å². The minimum Gasteiger partial charge on any atom is -0.238 e. The maximum atomic E-state index is 4.73. The molecule has 126 valence electrons. The van der Waals surface area contributed by atoms with Crippen LogP contribution in [-0.2, 0) is 3.63 Å². The predicted octanol–water partition coefficient (Wildman–Crippen LogP) is 7.87. The number of fused-ring (bicyclic) bond motifs is 2. The Labute approximate surface area is 158 Å². The molecule has 0 fully saturated rings. The molecule has 0 aliphatic rings. The number of rotatable bonds is 6. The summed E-state index contributed by atoms with van der Waals surface area (Å²) in [7, 11) is 0. The Hall–Kier alpha value is -2.20. The van der Waals surface area contributed by atoms with Gasteiger partial charge in [0.15, 0.2) is 0 Å². The molecule has 3 aromatic carbocycles. The Bertz CT molecular complexity index is 781. The highest BCUT2D eigenvalue weighted by molar-refractivity contribution is 8.10. The smallest absolute Gasteiger partial charge is 0.0361 e. The molecule has 0 saturated heterocycles. The normalized spacial score (nSPS) is 9.92. The summed E-state index contributed by atoms with van der Waals surface area (Å²) in [5.41, 5.74) is 2.40. The van der Waals surface area contributed by atoms with Crippen LogP contribution in [-0.4, -0.2) is 0 Å². The first-order chi connectivity index (χ1) is 12.3. The summed E-state index contributed by atoms with van der Waals surface area (Å²) in [6.45, 7) is 14.8. The van der Waals surface area contributed by atoms with Crippen molar-refractivity contribution in [1.29, 1.82) is 0 Å². The third-order valence-corrected chi connectivity index (χ3v) is 4.54. The molecule has 3 rings (SSSR count). The van der Waals surface area contributed by atoms with Gasteiger partial charge in [0.2, 0.25) is 0 Å². The number of benzene rings is 3. The molecule has 0 amide bonds. The minimum atomic E-state index is 1.19. The van der Waals surface area contributed by atoms with Gasteiger partial charge < -0.3 is 0 Å². The Morgan fingerprint density at radius 3 is 1.16 bits per heavy atom. The van der Waals surface area contributed by atoms with Crippen LogP contribution >= 0.6 is 24.1 Å². The van der Waals surface area contributed by atoms with E-state index in [1.165, 1.54) is 56.8 Å². The van der Waals surface area contributed by atoms with Crippen molar-refractivity contribution in [3.05, 3.63) is 96.8 Å². The molecule has 0 bridgehead atoms. The second-order valence-electron chi connectivity index (χ2n) is 4.92. The SMILES string of the molecule is C=CSOSC=C.C=Cc1c2ccccc2c(C=C)c2ccccc12. The fraction of sp³-hybridized carbons (Fsp3) is 0. The first-order valence-corrected chi connectivity index (χ1v) is 9.28. The Morgan fingerprint density at radius 1 is 0.600 bits per heavy atom. The monoisotopic (exact) mass is 364 g/mol. The van der Waals surface area contributed by atoms with Gasteiger partial charge in [0.25, 0.3) is 0 Å². The van der Waals surface area contributed by atoms with E-state index in [2.05, 4.69) is 74.8 Å². The summed E-state index contributed by atoms with van der Waals surface area (Å²) in [6.07, 6.45) is 3.88. The van der Waals surface area contributed by atoms with E-state index in [1.807, 2.05) is 12.2 Å². The third kappa shape index (κ3) is 4.45. The van der Waals surface area contributed by atoms with E-state index in [1.54, 1.807) is 10.8 Å². The topological polar surface area (TPSA) is 9.23 Å². The molecular formula is C22H20OS2. The van der Waals surface area contributed by atoms with E-state index in [-0.39, 0.29) is 0 Å². The van der Waals surface area contributed by atoms with Crippen molar-refractivity contribution in [3.63, 3.8) is 0 Å². The van der Waals surface area contributed by atoms with E-state index in [0.717, 1.165) is 0 Å². The van der Waals surface area contributed by atoms with Crippen LogP contribution in [0.4, 0.5) is 0 Å². The second-order valence-corrected chi connectivity index (χ2v) is 6.52. The summed E-state index contributed by atoms with van der Waals surface area (Å²) in [4.78, 5) is 0. The molecule has 0 spiro atoms. The molecule has 0 aromatic heterocycles. The van der Waals surface area contributed by atoms with Crippen LogP contribution in [0.1, 0.15) is 11.1 Å². The third-order valence-electron chi connectivity index (χ3n) is 3.64. The van der Waals surface area contributed by atoms with Crippen LogP contribution in [0.2, 0.25) is 0 Å². The maximum Gasteiger partial charge on any atom is 0.0361 e. The van der Waals surface area contributed by atoms with Gasteiger partial charge in [0.05, 0.1) is 0 Å². The predicted molar refractivity (Wildman–Crippen MR) is 118 cm³/mol. The molecule has 0 unspecified atom stereocenters. The lowest BCUT2D eigenvalue weighted by Gasteiger charge is -2.12. The van der Waals surface area contributed by atoms with Gasteiger partial charge in [-0.05, 0) is 43.5 Å². The van der Waals surface area contributed by atoms with Gasteiger partial charge in [-0.15, -0.1) is 0 Å². The first-order valence-electron chi connectivity index (χ1n) is 7.67. The Morgan fingerprint density at radius 2 is 0.920 bits per heavy atom. The van der Waals surface area contributed by atoms with Crippen molar-refractivity contribution in [2.75, 3.05) is 0 Å². The molecule has 25 heavy (non-hydrogen) atoms. The van der Waals surface area contributed by atoms with Gasteiger partial charge in [0.1, 0.15) is 0 Å². The Balaban J connectivity index is 0.000000277. The van der Waals surface area contributed by atoms with E-state index in [9.17, 15) is 0 Å². The number of hydrogen-bond acceptors (Lipinski definition) is 3. The molecular weight excluding hydrogens is 344 g/mol. The zero-order valence-electron chi connectivity index (χ0n) is 14.0. The van der Waals surface area contributed by atoms with Crippen molar-refractivity contribution in [2.24, 2.45) is 0 Å². The summed E-state index contributed by atoms with van der Waals surface area (Å²) >= 11 is 2.38. The van der Waals surface area contributed by atoms with Crippen molar-refractivity contribution < 1.29 is 3.63 Å². The zero-order valence-corrected chi connectivity index (χ0v) is 15.6. The van der Waals surface area contributed by atoms with Crippen LogP contribution in [0.5, 0.6) is 0 Å². The van der Waals surface area contributed by atoms with Gasteiger partial charge in [0, 0.05) is 24.1 Å². The second kappa shape index (κ2) is 9.94. The van der Waals surface area contributed by atoms with Crippen molar-refractivity contribution in [3.8, 4) is 0 Å². The van der Waals surface area contributed by atoms with Crippen molar-refractivity contribution in [1.82, 2.24) is 0 Å². The summed E-state index contributed by atoms with van der Waals surface area (Å²) in [6, 6.07) is 16.8. The molecule has 3 aromatic rings. The fourth-order valence-electron chi connectivity index (χ4n) is 2.71. The van der Waals surface area contributed by atoms with Crippen molar-refractivity contribution >= 4 is 57.8 Å². The van der Waals surface area contributed by atoms with E-state index < -0.39 is 0 Å². The summed E-state index contributed by atoms with van der Waals surface area (Å²) < 4.78 is 4.73. The van der Waals surface area contributed by atoms with E-state index >= 15 is 0 Å². The molecule has 0 N–H and O–H groups in total. The van der Waals surface area contributed by atoms with Gasteiger partial charge >= 0.3 is 0 Å². The highest BCUT2D eigenvalue weighted by atomic mass is 32.2. The molecule has 0 saturated carbocycles. The van der Waals surface area contributed by atoms with E-state index in [0.29, 0.717) is 0 Å². The largest absolute Gasteiger partial charge is 0.238 e. The minimum absolute atomic E-state index is 1.19. The first kappa shape index (κ1) is 19.1. The van der Waals surface area contributed by atoms with Crippen molar-refractivity contribution in [2.45, 2.75) is 0 Å². The highest BCUT2D eigenvalue weighted by Gasteiger charge is 2.08. The lowest BCUT2D eigenvalue weighted by atomic mass is 9.92. The molecule has 0 radical (unpaired) electrons. The molecule has 0 atom stereocenters. The zero-order chi connectivity index (χ0) is 18.1. The molecule has 1 nitrogen and oxygen atoms in total. The average Bonchev–Trinajstić information content (AvgIpc) is 2.67. The highest BCUT2D eigenvalue weighted by Crippen LogP contribution is 2.33. The quantitative estimate of drug-likeness (QED) is 0.250. The standard InChI is InChI=1S/C18H14.C4H6OS2/c1-3-13-15-9-5-7-11-17(15)14(4-2)18-12-8-6-10-16(13)18;1-3-6-5-7-4-2/h3-12H,1-2H2;3-4H,1-2H2. The Kier molecular flexibility index (Phi) is 7.61. The molecule has 0 aliphatic carbocycles. The lowest BCUT2D eigenvalue weighted by molar-refractivity contribution is 0.774. The van der Waals surface area contributed by atoms with Crippen LogP contribution < -0.4 is 0 Å². The summed E-state index contributed by atoms with van der Waals surface area (Å²) in [5.74, 6) is 0.